The summed E-state index contributed by atoms with van der Waals surface area (Å²) in [7, 11) is 2.07. The SMILES string of the molecule is CNC(C)CC(C)N1CCC2CCCCC21. The highest BCUT2D eigenvalue weighted by Crippen LogP contribution is 2.37. The number of nitrogens with zero attached hydrogens (tertiary/aromatic N) is 1. The molecule has 2 rings (SSSR count). The van der Waals surface area contributed by atoms with Crippen LogP contribution in [0.2, 0.25) is 0 Å². The summed E-state index contributed by atoms with van der Waals surface area (Å²) in [6.45, 7) is 6.07. The van der Waals surface area contributed by atoms with Crippen molar-refractivity contribution in [2.24, 2.45) is 5.92 Å². The maximum atomic E-state index is 3.36. The molecule has 1 saturated carbocycles. The number of hydrogen-bond donors (Lipinski definition) is 1. The van der Waals surface area contributed by atoms with E-state index < -0.39 is 0 Å². The minimum atomic E-state index is 0.651. The number of fused-ring (bicyclic) bond motifs is 1. The molecular weight excluding hydrogens is 196 g/mol. The summed E-state index contributed by atoms with van der Waals surface area (Å²) in [6.07, 6.45) is 8.66. The molecule has 4 atom stereocenters. The third-order valence-electron chi connectivity index (χ3n) is 4.81. The van der Waals surface area contributed by atoms with E-state index in [9.17, 15) is 0 Å². The molecule has 0 spiro atoms. The minimum Gasteiger partial charge on any atom is -0.317 e. The normalized spacial score (nSPS) is 34.7. The van der Waals surface area contributed by atoms with Crippen molar-refractivity contribution in [3.05, 3.63) is 0 Å². The van der Waals surface area contributed by atoms with Crippen LogP contribution in [0.25, 0.3) is 0 Å². The van der Waals surface area contributed by atoms with Gasteiger partial charge in [0, 0.05) is 18.1 Å². The zero-order valence-electron chi connectivity index (χ0n) is 11.2. The molecule has 2 fully saturated rings. The number of rotatable bonds is 4. The van der Waals surface area contributed by atoms with Crippen molar-refractivity contribution in [3.63, 3.8) is 0 Å². The van der Waals surface area contributed by atoms with Crippen molar-refractivity contribution in [1.82, 2.24) is 10.2 Å². The van der Waals surface area contributed by atoms with Crippen molar-refractivity contribution in [2.45, 2.75) is 70.5 Å². The first-order valence-corrected chi connectivity index (χ1v) is 7.15. The summed E-state index contributed by atoms with van der Waals surface area (Å²) in [5.74, 6) is 1.03. The van der Waals surface area contributed by atoms with Crippen molar-refractivity contribution in [3.8, 4) is 0 Å². The summed E-state index contributed by atoms with van der Waals surface area (Å²) in [6, 6.07) is 2.33. The van der Waals surface area contributed by atoms with Gasteiger partial charge in [-0.2, -0.15) is 0 Å². The lowest BCUT2D eigenvalue weighted by Gasteiger charge is -2.36. The Kier molecular flexibility index (Phi) is 4.26. The predicted octanol–water partition coefficient (Wildman–Crippen LogP) is 2.64. The monoisotopic (exact) mass is 224 g/mol. The van der Waals surface area contributed by atoms with Crippen LogP contribution in [0.3, 0.4) is 0 Å². The molecule has 94 valence electrons. The van der Waals surface area contributed by atoms with Gasteiger partial charge in [-0.1, -0.05) is 12.8 Å². The highest BCUT2D eigenvalue weighted by Gasteiger charge is 2.37. The molecule has 1 heterocycles. The van der Waals surface area contributed by atoms with E-state index in [0.717, 1.165) is 18.0 Å². The van der Waals surface area contributed by atoms with Crippen molar-refractivity contribution < 1.29 is 0 Å². The largest absolute Gasteiger partial charge is 0.317 e. The lowest BCUT2D eigenvalue weighted by atomic mass is 9.85. The Hall–Kier alpha value is -0.0800. The van der Waals surface area contributed by atoms with Crippen LogP contribution in [0.1, 0.15) is 52.4 Å². The second-order valence-corrected chi connectivity index (χ2v) is 5.91. The molecule has 0 bridgehead atoms. The zero-order valence-corrected chi connectivity index (χ0v) is 11.2. The van der Waals surface area contributed by atoms with E-state index in [1.807, 2.05) is 0 Å². The zero-order chi connectivity index (χ0) is 11.5. The molecule has 0 radical (unpaired) electrons. The molecule has 4 unspecified atom stereocenters. The van der Waals surface area contributed by atoms with Crippen LogP contribution in [-0.4, -0.2) is 36.6 Å². The van der Waals surface area contributed by atoms with E-state index in [0.29, 0.717) is 6.04 Å². The summed E-state index contributed by atoms with van der Waals surface area (Å²) >= 11 is 0. The van der Waals surface area contributed by atoms with Gasteiger partial charge in [-0.3, -0.25) is 4.90 Å². The van der Waals surface area contributed by atoms with Gasteiger partial charge in [-0.05, 0) is 59.0 Å². The van der Waals surface area contributed by atoms with Gasteiger partial charge in [0.15, 0.2) is 0 Å². The Morgan fingerprint density at radius 3 is 2.69 bits per heavy atom. The second-order valence-electron chi connectivity index (χ2n) is 5.91. The molecule has 0 amide bonds. The van der Waals surface area contributed by atoms with E-state index in [1.165, 1.54) is 45.1 Å². The second kappa shape index (κ2) is 5.50. The van der Waals surface area contributed by atoms with E-state index in [1.54, 1.807) is 0 Å². The minimum absolute atomic E-state index is 0.651. The third kappa shape index (κ3) is 2.60. The maximum absolute atomic E-state index is 3.36. The Balaban J connectivity index is 1.89. The van der Waals surface area contributed by atoms with Gasteiger partial charge in [0.25, 0.3) is 0 Å². The molecule has 2 heteroatoms. The maximum Gasteiger partial charge on any atom is 0.0127 e. The Labute approximate surface area is 101 Å². The fraction of sp³-hybridized carbons (Fsp3) is 1.00. The van der Waals surface area contributed by atoms with Crippen LogP contribution in [0.15, 0.2) is 0 Å². The summed E-state index contributed by atoms with van der Waals surface area (Å²) < 4.78 is 0. The number of nitrogens with one attached hydrogen (secondary N) is 1. The van der Waals surface area contributed by atoms with Crippen LogP contribution < -0.4 is 5.32 Å². The van der Waals surface area contributed by atoms with Crippen molar-refractivity contribution >= 4 is 0 Å². The smallest absolute Gasteiger partial charge is 0.0127 e. The first kappa shape index (κ1) is 12.4. The Morgan fingerprint density at radius 2 is 1.94 bits per heavy atom. The topological polar surface area (TPSA) is 15.3 Å². The molecule has 1 saturated heterocycles. The molecule has 2 nitrogen and oxygen atoms in total. The van der Waals surface area contributed by atoms with Gasteiger partial charge in [-0.25, -0.2) is 0 Å². The molecule has 0 aromatic heterocycles. The van der Waals surface area contributed by atoms with Crippen LogP contribution in [0, 0.1) is 5.92 Å². The Bertz CT molecular complexity index is 217. The fourth-order valence-corrected chi connectivity index (χ4v) is 3.75. The number of likely N-dealkylation sites (tertiary alicyclic amines) is 1. The summed E-state index contributed by atoms with van der Waals surface area (Å²) in [5, 5.41) is 3.36. The predicted molar refractivity (Wildman–Crippen MR) is 69.7 cm³/mol. The van der Waals surface area contributed by atoms with Gasteiger partial charge in [-0.15, -0.1) is 0 Å². The molecule has 2 aliphatic rings. The lowest BCUT2D eigenvalue weighted by molar-refractivity contribution is 0.130. The van der Waals surface area contributed by atoms with Gasteiger partial charge in [0.05, 0.1) is 0 Å². The van der Waals surface area contributed by atoms with Gasteiger partial charge >= 0.3 is 0 Å². The molecule has 1 aliphatic carbocycles. The van der Waals surface area contributed by atoms with Crippen LogP contribution >= 0.6 is 0 Å². The van der Waals surface area contributed by atoms with E-state index in [4.69, 9.17) is 0 Å². The lowest BCUT2D eigenvalue weighted by Crippen LogP contribution is -2.43. The highest BCUT2D eigenvalue weighted by molar-refractivity contribution is 4.92. The third-order valence-corrected chi connectivity index (χ3v) is 4.81. The van der Waals surface area contributed by atoms with Crippen LogP contribution in [-0.2, 0) is 0 Å². The van der Waals surface area contributed by atoms with E-state index >= 15 is 0 Å². The van der Waals surface area contributed by atoms with Gasteiger partial charge < -0.3 is 5.32 Å². The first-order chi connectivity index (χ1) is 7.72. The molecule has 16 heavy (non-hydrogen) atoms. The number of hydrogen-bond acceptors (Lipinski definition) is 2. The molecule has 0 aromatic carbocycles. The summed E-state index contributed by atoms with van der Waals surface area (Å²) in [5.41, 5.74) is 0. The molecule has 1 aliphatic heterocycles. The molecule has 1 N–H and O–H groups in total. The van der Waals surface area contributed by atoms with E-state index in [2.05, 4.69) is 31.1 Å². The summed E-state index contributed by atoms with van der Waals surface area (Å²) in [4.78, 5) is 2.80. The van der Waals surface area contributed by atoms with E-state index in [-0.39, 0.29) is 0 Å². The van der Waals surface area contributed by atoms with Crippen LogP contribution in [0.4, 0.5) is 0 Å². The quantitative estimate of drug-likeness (QED) is 0.790. The molecular formula is C14H28N2. The first-order valence-electron chi connectivity index (χ1n) is 7.15. The Morgan fingerprint density at radius 1 is 1.19 bits per heavy atom. The average molecular weight is 224 g/mol. The van der Waals surface area contributed by atoms with Crippen molar-refractivity contribution in [2.75, 3.05) is 13.6 Å². The fourth-order valence-electron chi connectivity index (χ4n) is 3.75. The standard InChI is InChI=1S/C14H28N2/c1-11(15-3)10-12(2)16-9-8-13-6-4-5-7-14(13)16/h11-15H,4-10H2,1-3H3. The van der Waals surface area contributed by atoms with Gasteiger partial charge in [0.1, 0.15) is 0 Å². The molecule has 0 aromatic rings. The highest BCUT2D eigenvalue weighted by atomic mass is 15.2. The van der Waals surface area contributed by atoms with Crippen LogP contribution in [0.5, 0.6) is 0 Å². The van der Waals surface area contributed by atoms with Crippen molar-refractivity contribution in [1.29, 1.82) is 0 Å². The van der Waals surface area contributed by atoms with Gasteiger partial charge in [0.2, 0.25) is 0 Å². The average Bonchev–Trinajstić information content (AvgIpc) is 2.72.